The van der Waals surface area contributed by atoms with Crippen molar-refractivity contribution in [3.05, 3.63) is 65.3 Å². The van der Waals surface area contributed by atoms with Gasteiger partial charge in [0.2, 0.25) is 0 Å². The lowest BCUT2D eigenvalue weighted by Crippen LogP contribution is -2.46. The van der Waals surface area contributed by atoms with Crippen molar-refractivity contribution in [3.8, 4) is 5.75 Å². The highest BCUT2D eigenvalue weighted by atomic mass is 35.5. The van der Waals surface area contributed by atoms with E-state index in [4.69, 9.17) is 16.3 Å². The van der Waals surface area contributed by atoms with Gasteiger partial charge in [-0.15, -0.1) is 0 Å². The number of methoxy groups -OCH3 is 1. The van der Waals surface area contributed by atoms with Crippen LogP contribution < -0.4 is 9.64 Å². The van der Waals surface area contributed by atoms with Crippen molar-refractivity contribution in [1.29, 1.82) is 0 Å². The summed E-state index contributed by atoms with van der Waals surface area (Å²) in [5.74, 6) is 0.979. The van der Waals surface area contributed by atoms with E-state index in [1.54, 1.807) is 7.11 Å². The number of unbranched alkanes of at least 4 members (excludes halogenated alkanes) is 2. The molecule has 1 fully saturated rings. The predicted octanol–water partition coefficient (Wildman–Crippen LogP) is 5.91. The van der Waals surface area contributed by atoms with Gasteiger partial charge in [-0.1, -0.05) is 42.3 Å². The number of hydrogen-bond donors (Lipinski definition) is 1. The molecule has 0 atom stereocenters. The molecule has 3 heterocycles. The number of benzene rings is 2. The zero-order valence-corrected chi connectivity index (χ0v) is 21.6. The summed E-state index contributed by atoms with van der Waals surface area (Å²) in [5, 5.41) is 2.06. The second kappa shape index (κ2) is 11.5. The lowest BCUT2D eigenvalue weighted by atomic mass is 9.99. The Bertz CT molecular complexity index is 1150. The Morgan fingerprint density at radius 2 is 1.71 bits per heavy atom. The number of hydrogen-bond acceptors (Lipinski definition) is 4. The number of aromatic amines is 1. The number of H-pyrrole nitrogens is 1. The van der Waals surface area contributed by atoms with Crippen LogP contribution in [0.5, 0.6) is 5.75 Å². The van der Waals surface area contributed by atoms with Gasteiger partial charge in [-0.3, -0.25) is 9.80 Å². The van der Waals surface area contributed by atoms with E-state index in [1.807, 2.05) is 18.2 Å². The largest absolute Gasteiger partial charge is 0.495 e. The first-order chi connectivity index (χ1) is 17.2. The second-order valence-corrected chi connectivity index (χ2v) is 10.2. The van der Waals surface area contributed by atoms with Crippen LogP contribution >= 0.6 is 11.6 Å². The molecule has 0 unspecified atom stereocenters. The highest BCUT2D eigenvalue weighted by Gasteiger charge is 2.19. The van der Waals surface area contributed by atoms with Gasteiger partial charge in [-0.05, 0) is 62.2 Å². The SMILES string of the molecule is COc1ccccc1N1CCN(CCCCCN2CC=C(c3c[nH]c4cc(Cl)ccc34)CC2)CC1. The highest BCUT2D eigenvalue weighted by molar-refractivity contribution is 6.31. The van der Waals surface area contributed by atoms with E-state index in [9.17, 15) is 0 Å². The van der Waals surface area contributed by atoms with Crippen LogP contribution in [0.15, 0.2) is 54.7 Å². The van der Waals surface area contributed by atoms with E-state index in [-0.39, 0.29) is 0 Å². The standard InChI is InChI=1S/C29H37ClN4O/c1-35-29-8-4-3-7-28(29)34-19-17-33(18-20-34)14-6-2-5-13-32-15-11-23(12-16-32)26-22-31-27-21-24(30)9-10-25(26)27/h3-4,7-11,21-22,31H,2,5-6,12-20H2,1H3. The van der Waals surface area contributed by atoms with Crippen LogP contribution in [0.3, 0.4) is 0 Å². The number of ether oxygens (including phenoxy) is 1. The Labute approximate surface area is 214 Å². The molecule has 3 aromatic rings. The lowest BCUT2D eigenvalue weighted by molar-refractivity contribution is 0.245. The van der Waals surface area contributed by atoms with E-state index >= 15 is 0 Å². The molecule has 5 rings (SSSR count). The third kappa shape index (κ3) is 5.85. The van der Waals surface area contributed by atoms with Crippen LogP contribution in [0, 0.1) is 0 Å². The average molecular weight is 493 g/mol. The number of para-hydroxylation sites is 2. The van der Waals surface area contributed by atoms with Gasteiger partial charge in [0.15, 0.2) is 0 Å². The molecule has 0 radical (unpaired) electrons. The first kappa shape index (κ1) is 24.2. The van der Waals surface area contributed by atoms with Crippen LogP contribution in [0.2, 0.25) is 5.02 Å². The normalized spacial score (nSPS) is 17.7. The molecular formula is C29H37ClN4O. The molecular weight excluding hydrogens is 456 g/mol. The molecule has 0 amide bonds. The summed E-state index contributed by atoms with van der Waals surface area (Å²) in [6.07, 6.45) is 9.56. The molecule has 2 aromatic carbocycles. The number of nitrogens with one attached hydrogen (secondary N) is 1. The van der Waals surface area contributed by atoms with Gasteiger partial charge in [0.25, 0.3) is 0 Å². The molecule has 2 aliphatic heterocycles. The van der Waals surface area contributed by atoms with Crippen LogP contribution in [-0.2, 0) is 0 Å². The van der Waals surface area contributed by atoms with Crippen molar-refractivity contribution >= 4 is 33.8 Å². The Morgan fingerprint density at radius 3 is 2.49 bits per heavy atom. The van der Waals surface area contributed by atoms with E-state index in [0.29, 0.717) is 0 Å². The number of anilines is 1. The predicted molar refractivity (Wildman–Crippen MR) is 148 cm³/mol. The van der Waals surface area contributed by atoms with Crippen LogP contribution in [-0.4, -0.2) is 74.3 Å². The topological polar surface area (TPSA) is 34.7 Å². The van der Waals surface area contributed by atoms with E-state index in [1.165, 1.54) is 54.6 Å². The number of aromatic nitrogens is 1. The van der Waals surface area contributed by atoms with Gasteiger partial charge in [-0.25, -0.2) is 0 Å². The fourth-order valence-corrected chi connectivity index (χ4v) is 5.65. The Hall–Kier alpha value is -2.47. The van der Waals surface area contributed by atoms with Crippen molar-refractivity contribution in [2.24, 2.45) is 0 Å². The number of rotatable bonds is 9. The Kier molecular flexibility index (Phi) is 7.97. The minimum absolute atomic E-state index is 0.782. The molecule has 0 bridgehead atoms. The summed E-state index contributed by atoms with van der Waals surface area (Å²) >= 11 is 6.14. The van der Waals surface area contributed by atoms with Gasteiger partial charge >= 0.3 is 0 Å². The fourth-order valence-electron chi connectivity index (χ4n) is 5.47. The van der Waals surface area contributed by atoms with Gasteiger partial charge in [0.05, 0.1) is 12.8 Å². The summed E-state index contributed by atoms with van der Waals surface area (Å²) in [4.78, 5) is 11.1. The zero-order valence-electron chi connectivity index (χ0n) is 20.8. The quantitative estimate of drug-likeness (QED) is 0.376. The fraction of sp³-hybridized carbons (Fsp3) is 0.448. The molecule has 35 heavy (non-hydrogen) atoms. The van der Waals surface area contributed by atoms with Crippen molar-refractivity contribution in [1.82, 2.24) is 14.8 Å². The Morgan fingerprint density at radius 1 is 0.914 bits per heavy atom. The summed E-state index contributed by atoms with van der Waals surface area (Å²) in [6, 6.07) is 14.5. The van der Waals surface area contributed by atoms with Crippen molar-refractivity contribution in [2.75, 3.05) is 64.4 Å². The smallest absolute Gasteiger partial charge is 0.142 e. The van der Waals surface area contributed by atoms with Gasteiger partial charge in [0, 0.05) is 67.0 Å². The second-order valence-electron chi connectivity index (χ2n) is 9.73. The maximum atomic E-state index is 6.14. The monoisotopic (exact) mass is 492 g/mol. The molecule has 6 heteroatoms. The van der Waals surface area contributed by atoms with Crippen LogP contribution in [0.1, 0.15) is 31.2 Å². The van der Waals surface area contributed by atoms with Crippen molar-refractivity contribution < 1.29 is 4.74 Å². The molecule has 1 N–H and O–H groups in total. The minimum Gasteiger partial charge on any atom is -0.495 e. The molecule has 0 saturated carbocycles. The van der Waals surface area contributed by atoms with Crippen molar-refractivity contribution in [3.63, 3.8) is 0 Å². The minimum atomic E-state index is 0.782. The van der Waals surface area contributed by atoms with Gasteiger partial charge < -0.3 is 14.6 Å². The maximum absolute atomic E-state index is 6.14. The average Bonchev–Trinajstić information content (AvgIpc) is 3.32. The first-order valence-electron chi connectivity index (χ1n) is 13.0. The Balaban J connectivity index is 0.997. The molecule has 2 aliphatic rings. The third-order valence-electron chi connectivity index (χ3n) is 7.53. The highest BCUT2D eigenvalue weighted by Crippen LogP contribution is 2.31. The van der Waals surface area contributed by atoms with Crippen LogP contribution in [0.4, 0.5) is 5.69 Å². The van der Waals surface area contributed by atoms with Gasteiger partial charge in [0.1, 0.15) is 5.75 Å². The summed E-state index contributed by atoms with van der Waals surface area (Å²) < 4.78 is 5.54. The van der Waals surface area contributed by atoms with Crippen LogP contribution in [0.25, 0.3) is 16.5 Å². The third-order valence-corrected chi connectivity index (χ3v) is 7.76. The van der Waals surface area contributed by atoms with E-state index < -0.39 is 0 Å². The molecule has 5 nitrogen and oxygen atoms in total. The summed E-state index contributed by atoms with van der Waals surface area (Å²) in [5.41, 5.74) is 5.14. The number of nitrogens with zero attached hydrogens (tertiary/aromatic N) is 3. The zero-order chi connectivity index (χ0) is 24.0. The number of fused-ring (bicyclic) bond motifs is 1. The lowest BCUT2D eigenvalue weighted by Gasteiger charge is -2.36. The van der Waals surface area contributed by atoms with E-state index in [2.05, 4.69) is 56.2 Å². The molecule has 186 valence electrons. The summed E-state index contributed by atoms with van der Waals surface area (Å²) in [7, 11) is 1.76. The number of piperazine rings is 1. The van der Waals surface area contributed by atoms with E-state index in [0.717, 1.165) is 62.0 Å². The maximum Gasteiger partial charge on any atom is 0.142 e. The summed E-state index contributed by atoms with van der Waals surface area (Å²) in [6.45, 7) is 9.05. The van der Waals surface area contributed by atoms with Gasteiger partial charge in [-0.2, -0.15) is 0 Å². The molecule has 0 spiro atoms. The van der Waals surface area contributed by atoms with Crippen molar-refractivity contribution in [2.45, 2.75) is 25.7 Å². The molecule has 0 aliphatic carbocycles. The number of halogens is 1. The molecule has 1 aromatic heterocycles. The first-order valence-corrected chi connectivity index (χ1v) is 13.4. The molecule has 1 saturated heterocycles.